The van der Waals surface area contributed by atoms with Gasteiger partial charge < -0.3 is 15.7 Å². The number of anilines is 1. The van der Waals surface area contributed by atoms with Crippen LogP contribution >= 0.6 is 23.2 Å². The Bertz CT molecular complexity index is 493. The Morgan fingerprint density at radius 3 is 2.33 bits per heavy atom. The lowest BCUT2D eigenvalue weighted by molar-refractivity contribution is 0.0585. The molecule has 116 valence electrons. The molecule has 0 atom stereocenters. The number of rotatable bonds is 4. The molecule has 4 nitrogen and oxygen atoms in total. The number of amides is 1. The van der Waals surface area contributed by atoms with Crippen LogP contribution < -0.4 is 5.73 Å². The number of benzene rings is 1. The summed E-state index contributed by atoms with van der Waals surface area (Å²) in [5, 5.41) is 9.80. The molecule has 21 heavy (non-hydrogen) atoms. The Morgan fingerprint density at radius 2 is 1.81 bits per heavy atom. The summed E-state index contributed by atoms with van der Waals surface area (Å²) < 4.78 is 0. The minimum atomic E-state index is -0.153. The molecule has 0 aliphatic heterocycles. The highest BCUT2D eigenvalue weighted by atomic mass is 35.5. The van der Waals surface area contributed by atoms with Crippen molar-refractivity contribution in [2.24, 2.45) is 0 Å². The third-order valence-electron chi connectivity index (χ3n) is 3.94. The van der Waals surface area contributed by atoms with Gasteiger partial charge in [-0.25, -0.2) is 0 Å². The Balaban J connectivity index is 2.25. The Hall–Kier alpha value is -0.970. The largest absolute Gasteiger partial charge is 0.396 e. The van der Waals surface area contributed by atoms with E-state index in [-0.39, 0.29) is 34.3 Å². The normalized spacial score (nSPS) is 16.0. The number of nitrogens with two attached hydrogens (primary N) is 1. The Morgan fingerprint density at radius 1 is 1.24 bits per heavy atom. The molecule has 0 spiro atoms. The van der Waals surface area contributed by atoms with Gasteiger partial charge in [-0.2, -0.15) is 0 Å². The van der Waals surface area contributed by atoms with Crippen molar-refractivity contribution in [1.29, 1.82) is 0 Å². The summed E-state index contributed by atoms with van der Waals surface area (Å²) in [7, 11) is 0. The monoisotopic (exact) mass is 330 g/mol. The molecule has 1 saturated carbocycles. The second-order valence-electron chi connectivity index (χ2n) is 5.37. The van der Waals surface area contributed by atoms with E-state index in [4.69, 9.17) is 28.9 Å². The molecule has 3 N–H and O–H groups in total. The molecular formula is C15H20Cl2N2O2. The molecule has 2 rings (SSSR count). The fourth-order valence-corrected chi connectivity index (χ4v) is 3.31. The van der Waals surface area contributed by atoms with Crippen molar-refractivity contribution in [2.75, 3.05) is 18.9 Å². The van der Waals surface area contributed by atoms with Crippen molar-refractivity contribution in [1.82, 2.24) is 4.90 Å². The highest BCUT2D eigenvalue weighted by molar-refractivity contribution is 6.39. The summed E-state index contributed by atoms with van der Waals surface area (Å²) in [6.07, 6.45) is 5.38. The zero-order valence-corrected chi connectivity index (χ0v) is 13.3. The van der Waals surface area contributed by atoms with Crippen LogP contribution in [0, 0.1) is 0 Å². The van der Waals surface area contributed by atoms with E-state index in [2.05, 4.69) is 0 Å². The van der Waals surface area contributed by atoms with E-state index >= 15 is 0 Å². The van der Waals surface area contributed by atoms with Gasteiger partial charge in [0.15, 0.2) is 0 Å². The van der Waals surface area contributed by atoms with Gasteiger partial charge in [-0.15, -0.1) is 0 Å². The average Bonchev–Trinajstić information content (AvgIpc) is 2.50. The van der Waals surface area contributed by atoms with Crippen LogP contribution in [0.4, 0.5) is 5.69 Å². The molecule has 1 aromatic rings. The molecule has 1 aliphatic rings. The topological polar surface area (TPSA) is 66.6 Å². The molecule has 0 radical (unpaired) electrons. The number of hydrogen-bond acceptors (Lipinski definition) is 3. The second-order valence-corrected chi connectivity index (χ2v) is 6.18. The van der Waals surface area contributed by atoms with Crippen molar-refractivity contribution in [3.63, 3.8) is 0 Å². The van der Waals surface area contributed by atoms with E-state index in [1.807, 2.05) is 0 Å². The van der Waals surface area contributed by atoms with Crippen LogP contribution in [0.3, 0.4) is 0 Å². The number of carbonyl (C=O) groups is 1. The maximum absolute atomic E-state index is 12.7. The minimum absolute atomic E-state index is 0.0569. The average molecular weight is 331 g/mol. The van der Waals surface area contributed by atoms with Crippen molar-refractivity contribution >= 4 is 34.8 Å². The van der Waals surface area contributed by atoms with Crippen molar-refractivity contribution in [2.45, 2.75) is 38.1 Å². The molecule has 0 saturated heterocycles. The fraction of sp³-hybridized carbons (Fsp3) is 0.533. The smallest absolute Gasteiger partial charge is 0.254 e. The first kappa shape index (κ1) is 16.4. The number of aliphatic hydroxyl groups excluding tert-OH is 1. The molecule has 1 aromatic carbocycles. The molecule has 1 amide bonds. The maximum atomic E-state index is 12.7. The maximum Gasteiger partial charge on any atom is 0.254 e. The standard InChI is InChI=1S/C15H20Cl2N2O2/c16-12-8-10(9-13(17)14(12)18)15(21)19(6-7-20)11-4-2-1-3-5-11/h8-9,11,20H,1-7,18H2. The molecular weight excluding hydrogens is 311 g/mol. The summed E-state index contributed by atoms with van der Waals surface area (Å²) in [5.74, 6) is -0.153. The van der Waals surface area contributed by atoms with Crippen LogP contribution in [0.15, 0.2) is 12.1 Å². The van der Waals surface area contributed by atoms with E-state index in [0.717, 1.165) is 25.7 Å². The van der Waals surface area contributed by atoms with Gasteiger partial charge in [0.05, 0.1) is 22.3 Å². The highest BCUT2D eigenvalue weighted by Crippen LogP contribution is 2.30. The van der Waals surface area contributed by atoms with Gasteiger partial charge in [0.25, 0.3) is 5.91 Å². The van der Waals surface area contributed by atoms with E-state index in [1.165, 1.54) is 18.6 Å². The minimum Gasteiger partial charge on any atom is -0.396 e. The molecule has 0 unspecified atom stereocenters. The summed E-state index contributed by atoms with van der Waals surface area (Å²) in [4.78, 5) is 14.4. The predicted molar refractivity (Wildman–Crippen MR) is 85.9 cm³/mol. The van der Waals surface area contributed by atoms with Crippen molar-refractivity contribution < 1.29 is 9.90 Å². The number of carbonyl (C=O) groups excluding carboxylic acids is 1. The van der Waals surface area contributed by atoms with Gasteiger partial charge in [0.2, 0.25) is 0 Å². The molecule has 0 bridgehead atoms. The van der Waals surface area contributed by atoms with E-state index in [1.54, 1.807) is 4.90 Å². The lowest BCUT2D eigenvalue weighted by Crippen LogP contribution is -2.43. The van der Waals surface area contributed by atoms with Gasteiger partial charge in [-0.1, -0.05) is 42.5 Å². The van der Waals surface area contributed by atoms with E-state index in [0.29, 0.717) is 12.1 Å². The lowest BCUT2D eigenvalue weighted by atomic mass is 9.93. The van der Waals surface area contributed by atoms with Crippen LogP contribution in [-0.4, -0.2) is 35.1 Å². The van der Waals surface area contributed by atoms with Crippen molar-refractivity contribution in [3.8, 4) is 0 Å². The van der Waals surface area contributed by atoms with Gasteiger partial charge in [0, 0.05) is 18.2 Å². The van der Waals surface area contributed by atoms with Crippen LogP contribution in [0.5, 0.6) is 0 Å². The highest BCUT2D eigenvalue weighted by Gasteiger charge is 2.26. The Labute approximate surface area is 134 Å². The fourth-order valence-electron chi connectivity index (χ4n) is 2.82. The zero-order chi connectivity index (χ0) is 15.4. The van der Waals surface area contributed by atoms with Gasteiger partial charge in [-0.3, -0.25) is 4.79 Å². The number of nitrogen functional groups attached to an aromatic ring is 1. The molecule has 1 aliphatic carbocycles. The first-order valence-corrected chi connectivity index (χ1v) is 7.96. The van der Waals surface area contributed by atoms with Gasteiger partial charge in [0.1, 0.15) is 0 Å². The van der Waals surface area contributed by atoms with Crippen LogP contribution in [0.2, 0.25) is 10.0 Å². The van der Waals surface area contributed by atoms with E-state index < -0.39 is 0 Å². The summed E-state index contributed by atoms with van der Waals surface area (Å²) in [6.45, 7) is 0.266. The molecule has 0 aromatic heterocycles. The zero-order valence-electron chi connectivity index (χ0n) is 11.8. The summed E-state index contributed by atoms with van der Waals surface area (Å²) in [6, 6.07) is 3.25. The van der Waals surface area contributed by atoms with Gasteiger partial charge >= 0.3 is 0 Å². The Kier molecular flexibility index (Phi) is 5.73. The first-order valence-electron chi connectivity index (χ1n) is 7.21. The summed E-state index contributed by atoms with van der Waals surface area (Å²) in [5.41, 5.74) is 6.39. The number of halogens is 2. The molecule has 0 heterocycles. The lowest BCUT2D eigenvalue weighted by Gasteiger charge is -2.34. The van der Waals surface area contributed by atoms with Crippen LogP contribution in [0.1, 0.15) is 42.5 Å². The predicted octanol–water partition coefficient (Wildman–Crippen LogP) is 3.34. The number of aliphatic hydroxyl groups is 1. The van der Waals surface area contributed by atoms with Crippen molar-refractivity contribution in [3.05, 3.63) is 27.7 Å². The summed E-state index contributed by atoms with van der Waals surface area (Å²) >= 11 is 12.0. The first-order chi connectivity index (χ1) is 10.0. The third kappa shape index (κ3) is 3.82. The number of nitrogens with zero attached hydrogens (tertiary/aromatic N) is 1. The van der Waals surface area contributed by atoms with E-state index in [9.17, 15) is 9.90 Å². The third-order valence-corrected chi connectivity index (χ3v) is 4.57. The number of hydrogen-bond donors (Lipinski definition) is 2. The van der Waals surface area contributed by atoms with Gasteiger partial charge in [-0.05, 0) is 25.0 Å². The molecule has 6 heteroatoms. The van der Waals surface area contributed by atoms with Crippen LogP contribution in [0.25, 0.3) is 0 Å². The SMILES string of the molecule is Nc1c(Cl)cc(C(=O)N(CCO)C2CCCCC2)cc1Cl. The quantitative estimate of drug-likeness (QED) is 0.832. The molecule has 1 fully saturated rings. The van der Waals surface area contributed by atoms with Crippen LogP contribution in [-0.2, 0) is 0 Å². The second kappa shape index (κ2) is 7.34.